The second-order valence-corrected chi connectivity index (χ2v) is 9.91. The number of nitrogens with one attached hydrogen (secondary N) is 1. The summed E-state index contributed by atoms with van der Waals surface area (Å²) in [7, 11) is 4.08. The van der Waals surface area contributed by atoms with Gasteiger partial charge in [-0.2, -0.15) is 0 Å². The summed E-state index contributed by atoms with van der Waals surface area (Å²) in [5, 5.41) is 5.91. The van der Waals surface area contributed by atoms with Crippen molar-refractivity contribution in [2.75, 3.05) is 38.2 Å². The van der Waals surface area contributed by atoms with E-state index < -0.39 is 0 Å². The third-order valence-corrected chi connectivity index (χ3v) is 7.21. The van der Waals surface area contributed by atoms with Crippen molar-refractivity contribution in [2.24, 2.45) is 5.92 Å². The van der Waals surface area contributed by atoms with E-state index in [1.54, 1.807) is 6.20 Å². The highest BCUT2D eigenvalue weighted by Crippen LogP contribution is 2.30. The second-order valence-electron chi connectivity index (χ2n) is 8.84. The van der Waals surface area contributed by atoms with Gasteiger partial charge in [-0.1, -0.05) is 60.4 Å². The largest absolute Gasteiger partial charge is 0.375 e. The van der Waals surface area contributed by atoms with E-state index in [2.05, 4.69) is 76.3 Å². The molecule has 1 aliphatic rings. The first-order valence-corrected chi connectivity index (χ1v) is 12.5. The van der Waals surface area contributed by atoms with E-state index in [4.69, 9.17) is 5.73 Å². The highest BCUT2D eigenvalue weighted by atomic mass is 32.1. The molecule has 0 aliphatic carbocycles. The Morgan fingerprint density at radius 2 is 1.91 bits per heavy atom. The molecular formula is C28H33N5S. The molecule has 0 spiro atoms. The minimum absolute atomic E-state index is 0.593. The first kappa shape index (κ1) is 23.9. The topological polar surface area (TPSA) is 67.1 Å². The van der Waals surface area contributed by atoms with E-state index in [0.29, 0.717) is 5.13 Å². The first-order valence-electron chi connectivity index (χ1n) is 11.7. The quantitative estimate of drug-likeness (QED) is 0.363. The maximum Gasteiger partial charge on any atom is 0.180 e. The Hall–Kier alpha value is -3.22. The lowest BCUT2D eigenvalue weighted by Crippen LogP contribution is -2.30. The molecule has 1 fully saturated rings. The SMILES string of the molecule is C=Cc1cccc(CC2CCN(C)CC2)c1.CNc1cc2cc(-c3cnc(N)s3)ccc2cn1. The van der Waals surface area contributed by atoms with Crippen LogP contribution in [0.3, 0.4) is 0 Å². The van der Waals surface area contributed by atoms with Crippen LogP contribution in [0.2, 0.25) is 0 Å². The molecule has 1 saturated heterocycles. The Morgan fingerprint density at radius 1 is 1.09 bits per heavy atom. The van der Waals surface area contributed by atoms with Crippen LogP contribution < -0.4 is 11.1 Å². The fraction of sp³-hybridized carbons (Fsp3) is 0.286. The molecule has 0 radical (unpaired) electrons. The Morgan fingerprint density at radius 3 is 2.62 bits per heavy atom. The Balaban J connectivity index is 0.000000162. The van der Waals surface area contributed by atoms with Gasteiger partial charge in [-0.3, -0.25) is 0 Å². The van der Waals surface area contributed by atoms with Crippen molar-refractivity contribution in [3.05, 3.63) is 78.6 Å². The predicted molar refractivity (Wildman–Crippen MR) is 147 cm³/mol. The average molecular weight is 472 g/mol. The van der Waals surface area contributed by atoms with Crippen molar-refractivity contribution >= 4 is 39.1 Å². The summed E-state index contributed by atoms with van der Waals surface area (Å²) < 4.78 is 0. The first-order chi connectivity index (χ1) is 16.5. The highest BCUT2D eigenvalue weighted by molar-refractivity contribution is 7.18. The van der Waals surface area contributed by atoms with E-state index in [-0.39, 0.29) is 0 Å². The standard InChI is InChI=1S/C15H21N.C13H12N4S/c1-3-13-5-4-6-15(11-13)12-14-7-9-16(2)10-8-14;1-15-12-5-10-4-8(2-3-9(10)6-16-12)11-7-17-13(14)18-11/h3-6,11,14H,1,7-10,12H2,2H3;2-7H,1H3,(H2,14,17)(H,15,16). The van der Waals surface area contributed by atoms with Crippen LogP contribution in [0.1, 0.15) is 24.0 Å². The molecule has 2 aromatic heterocycles. The van der Waals surface area contributed by atoms with Gasteiger partial charge < -0.3 is 16.0 Å². The molecule has 5 rings (SSSR count). The minimum Gasteiger partial charge on any atom is -0.375 e. The van der Waals surface area contributed by atoms with Crippen LogP contribution in [0.25, 0.3) is 27.3 Å². The summed E-state index contributed by atoms with van der Waals surface area (Å²) >= 11 is 1.49. The molecule has 1 aliphatic heterocycles. The van der Waals surface area contributed by atoms with E-state index in [0.717, 1.165) is 32.9 Å². The van der Waals surface area contributed by atoms with Crippen LogP contribution in [0.15, 0.2) is 67.5 Å². The maximum absolute atomic E-state index is 5.66. The molecule has 0 atom stereocenters. The molecule has 34 heavy (non-hydrogen) atoms. The van der Waals surface area contributed by atoms with E-state index >= 15 is 0 Å². The molecule has 0 amide bonds. The number of nitrogens with two attached hydrogens (primary N) is 1. The van der Waals surface area contributed by atoms with Crippen LogP contribution in [0, 0.1) is 5.92 Å². The smallest absolute Gasteiger partial charge is 0.180 e. The van der Waals surface area contributed by atoms with Crippen molar-refractivity contribution in [1.82, 2.24) is 14.9 Å². The summed E-state index contributed by atoms with van der Waals surface area (Å²) in [6.45, 7) is 6.33. The van der Waals surface area contributed by atoms with Gasteiger partial charge in [0.05, 0.1) is 4.88 Å². The zero-order valence-electron chi connectivity index (χ0n) is 20.0. The minimum atomic E-state index is 0.593. The van der Waals surface area contributed by atoms with E-state index in [9.17, 15) is 0 Å². The summed E-state index contributed by atoms with van der Waals surface area (Å²) in [6.07, 6.45) is 9.52. The summed E-state index contributed by atoms with van der Waals surface area (Å²) in [6, 6.07) is 17.1. The van der Waals surface area contributed by atoms with Crippen molar-refractivity contribution in [3.8, 4) is 10.4 Å². The van der Waals surface area contributed by atoms with Crippen LogP contribution in [-0.4, -0.2) is 42.1 Å². The zero-order chi connectivity index (χ0) is 23.9. The van der Waals surface area contributed by atoms with Gasteiger partial charge in [0.2, 0.25) is 0 Å². The van der Waals surface area contributed by atoms with Crippen LogP contribution in [-0.2, 0) is 6.42 Å². The number of thiazole rings is 1. The predicted octanol–water partition coefficient (Wildman–Crippen LogP) is 6.20. The van der Waals surface area contributed by atoms with Gasteiger partial charge in [0, 0.05) is 24.8 Å². The molecule has 2 aromatic carbocycles. The Bertz CT molecular complexity index is 1240. The summed E-state index contributed by atoms with van der Waals surface area (Å²) in [4.78, 5) is 11.9. The van der Waals surface area contributed by atoms with Gasteiger partial charge in [-0.15, -0.1) is 0 Å². The number of nitrogen functional groups attached to an aromatic ring is 1. The molecule has 3 heterocycles. The lowest BCUT2D eigenvalue weighted by Gasteiger charge is -2.29. The zero-order valence-corrected chi connectivity index (χ0v) is 20.8. The van der Waals surface area contributed by atoms with Crippen LogP contribution in [0.4, 0.5) is 10.9 Å². The van der Waals surface area contributed by atoms with Crippen molar-refractivity contribution < 1.29 is 0 Å². The number of hydrogen-bond acceptors (Lipinski definition) is 6. The number of nitrogens with zero attached hydrogens (tertiary/aromatic N) is 3. The molecule has 3 N–H and O–H groups in total. The Labute approximate surface area is 206 Å². The molecular weight excluding hydrogens is 438 g/mol. The van der Waals surface area contributed by atoms with Crippen molar-refractivity contribution in [1.29, 1.82) is 0 Å². The highest BCUT2D eigenvalue weighted by Gasteiger charge is 2.16. The number of piperidine rings is 1. The molecule has 0 bridgehead atoms. The number of hydrogen-bond donors (Lipinski definition) is 2. The fourth-order valence-corrected chi connectivity index (χ4v) is 4.98. The number of benzene rings is 2. The third-order valence-electron chi connectivity index (χ3n) is 6.34. The van der Waals surface area contributed by atoms with Crippen molar-refractivity contribution in [2.45, 2.75) is 19.3 Å². The van der Waals surface area contributed by atoms with Crippen LogP contribution in [0.5, 0.6) is 0 Å². The van der Waals surface area contributed by atoms with Gasteiger partial charge in [-0.25, -0.2) is 9.97 Å². The monoisotopic (exact) mass is 471 g/mol. The van der Waals surface area contributed by atoms with Gasteiger partial charge in [0.15, 0.2) is 5.13 Å². The molecule has 6 heteroatoms. The molecule has 5 nitrogen and oxygen atoms in total. The number of anilines is 2. The molecule has 0 saturated carbocycles. The third kappa shape index (κ3) is 6.22. The van der Waals surface area contributed by atoms with E-state index in [1.807, 2.05) is 25.4 Å². The molecule has 0 unspecified atom stereocenters. The lowest BCUT2D eigenvalue weighted by molar-refractivity contribution is 0.219. The van der Waals surface area contributed by atoms with Gasteiger partial charge in [0.1, 0.15) is 5.82 Å². The lowest BCUT2D eigenvalue weighted by atomic mass is 9.90. The van der Waals surface area contributed by atoms with Gasteiger partial charge >= 0.3 is 0 Å². The second kappa shape index (κ2) is 11.3. The number of pyridine rings is 1. The number of likely N-dealkylation sites (tertiary alicyclic amines) is 1. The average Bonchev–Trinajstić information content (AvgIpc) is 3.31. The Kier molecular flexibility index (Phi) is 7.93. The number of fused-ring (bicyclic) bond motifs is 1. The van der Waals surface area contributed by atoms with Gasteiger partial charge in [-0.05, 0) is 79.5 Å². The summed E-state index contributed by atoms with van der Waals surface area (Å²) in [5.74, 6) is 1.74. The number of rotatable bonds is 5. The van der Waals surface area contributed by atoms with Crippen molar-refractivity contribution in [3.63, 3.8) is 0 Å². The van der Waals surface area contributed by atoms with E-state index in [1.165, 1.54) is 54.8 Å². The van der Waals surface area contributed by atoms with Gasteiger partial charge in [0.25, 0.3) is 0 Å². The normalized spacial score (nSPS) is 14.4. The van der Waals surface area contributed by atoms with Crippen LogP contribution >= 0.6 is 11.3 Å². The fourth-order valence-electron chi connectivity index (χ4n) is 4.30. The number of aromatic nitrogens is 2. The molecule has 176 valence electrons. The summed E-state index contributed by atoms with van der Waals surface area (Å²) in [5.41, 5.74) is 9.50. The molecule has 4 aromatic rings. The maximum atomic E-state index is 5.66.